The molecule has 0 heterocycles. The number of hydrogen-bond acceptors (Lipinski definition) is 7. The molecule has 0 amide bonds. The Morgan fingerprint density at radius 1 is 0.784 bits per heavy atom. The van der Waals surface area contributed by atoms with Gasteiger partial charge in [-0.3, -0.25) is 14.4 Å². The van der Waals surface area contributed by atoms with Crippen molar-refractivity contribution >= 4 is 53.1 Å². The summed E-state index contributed by atoms with van der Waals surface area (Å²) in [6, 6.07) is 6.63. The fourth-order valence-electron chi connectivity index (χ4n) is 3.93. The predicted octanol–water partition coefficient (Wildman–Crippen LogP) is 6.86. The van der Waals surface area contributed by atoms with Gasteiger partial charge >= 0.3 is 11.9 Å². The Hall–Kier alpha value is -3.29. The highest BCUT2D eigenvalue weighted by atomic mass is 35.5. The number of rotatable bonds is 8. The van der Waals surface area contributed by atoms with Crippen LogP contribution in [0, 0.1) is 0 Å². The van der Waals surface area contributed by atoms with Crippen molar-refractivity contribution in [3.63, 3.8) is 0 Å². The lowest BCUT2D eigenvalue weighted by Crippen LogP contribution is -2.12. The molecule has 0 unspecified atom stereocenters. The van der Waals surface area contributed by atoms with Crippen molar-refractivity contribution in [3.05, 3.63) is 56.6 Å². The Kier molecular flexibility index (Phi) is 9.78. The van der Waals surface area contributed by atoms with Crippen LogP contribution in [-0.4, -0.2) is 30.9 Å². The molecule has 0 aromatic heterocycles. The number of halogens is 2. The molecule has 2 aromatic rings. The van der Waals surface area contributed by atoms with E-state index in [0.717, 1.165) is 6.42 Å². The highest BCUT2D eigenvalue weighted by Crippen LogP contribution is 2.40. The molecular formula is C28H28Cl2O7. The quantitative estimate of drug-likeness (QED) is 0.203. The van der Waals surface area contributed by atoms with Crippen molar-refractivity contribution < 1.29 is 33.3 Å². The molecule has 1 saturated carbocycles. The largest absolute Gasteiger partial charge is 0.490 e. The van der Waals surface area contributed by atoms with Crippen LogP contribution in [0.2, 0.25) is 10.0 Å². The van der Waals surface area contributed by atoms with Crippen LogP contribution < -0.4 is 18.9 Å². The van der Waals surface area contributed by atoms with E-state index >= 15 is 0 Å². The summed E-state index contributed by atoms with van der Waals surface area (Å²) in [4.78, 5) is 36.3. The topological polar surface area (TPSA) is 88.1 Å². The molecule has 0 atom stereocenters. The van der Waals surface area contributed by atoms with Gasteiger partial charge < -0.3 is 18.9 Å². The normalized spacial score (nSPS) is 15.6. The Morgan fingerprint density at radius 2 is 1.19 bits per heavy atom. The van der Waals surface area contributed by atoms with E-state index in [4.69, 9.17) is 42.1 Å². The van der Waals surface area contributed by atoms with Crippen LogP contribution in [0.5, 0.6) is 23.0 Å². The molecule has 37 heavy (non-hydrogen) atoms. The Morgan fingerprint density at radius 3 is 1.54 bits per heavy atom. The summed E-state index contributed by atoms with van der Waals surface area (Å²) in [6.45, 7) is 6.87. The molecule has 9 heteroatoms. The maximum atomic E-state index is 13.3. The molecule has 1 fully saturated rings. The maximum Gasteiger partial charge on any atom is 0.308 e. The van der Waals surface area contributed by atoms with Crippen LogP contribution in [0.15, 0.2) is 35.4 Å². The van der Waals surface area contributed by atoms with Gasteiger partial charge in [-0.2, -0.15) is 0 Å². The molecule has 1 aliphatic rings. The lowest BCUT2D eigenvalue weighted by molar-refractivity contribution is -0.132. The zero-order chi connectivity index (χ0) is 27.1. The number of ether oxygens (including phenoxy) is 4. The first-order chi connectivity index (χ1) is 17.6. The molecule has 0 spiro atoms. The highest BCUT2D eigenvalue weighted by Gasteiger charge is 2.22. The first-order valence-corrected chi connectivity index (χ1v) is 12.6. The molecule has 0 aliphatic heterocycles. The summed E-state index contributed by atoms with van der Waals surface area (Å²) in [5, 5.41) is 0.413. The van der Waals surface area contributed by atoms with E-state index in [9.17, 15) is 14.4 Å². The van der Waals surface area contributed by atoms with E-state index in [1.807, 2.05) is 0 Å². The third-order valence-electron chi connectivity index (χ3n) is 5.31. The second kappa shape index (κ2) is 12.8. The van der Waals surface area contributed by atoms with Gasteiger partial charge in [-0.15, -0.1) is 0 Å². The van der Waals surface area contributed by atoms with Crippen LogP contribution >= 0.6 is 23.2 Å². The molecular weight excluding hydrogens is 519 g/mol. The minimum atomic E-state index is -0.514. The van der Waals surface area contributed by atoms with E-state index in [2.05, 4.69) is 0 Å². The molecule has 0 radical (unpaired) electrons. The van der Waals surface area contributed by atoms with E-state index in [0.29, 0.717) is 59.8 Å². The van der Waals surface area contributed by atoms with E-state index < -0.39 is 11.9 Å². The summed E-state index contributed by atoms with van der Waals surface area (Å²) in [5.41, 5.74) is 2.54. The first kappa shape index (κ1) is 28.3. The van der Waals surface area contributed by atoms with Gasteiger partial charge in [0.15, 0.2) is 28.8 Å². The van der Waals surface area contributed by atoms with Crippen molar-refractivity contribution in [2.75, 3.05) is 13.2 Å². The van der Waals surface area contributed by atoms with Gasteiger partial charge in [-0.1, -0.05) is 23.2 Å². The van der Waals surface area contributed by atoms with Gasteiger partial charge in [0.2, 0.25) is 0 Å². The fraction of sp³-hybridized carbons (Fsp3) is 0.321. The predicted molar refractivity (Wildman–Crippen MR) is 143 cm³/mol. The zero-order valence-corrected chi connectivity index (χ0v) is 22.6. The molecule has 196 valence electrons. The van der Waals surface area contributed by atoms with Crippen LogP contribution in [0.4, 0.5) is 0 Å². The number of esters is 2. The molecule has 0 N–H and O–H groups in total. The Balaban J connectivity index is 1.96. The van der Waals surface area contributed by atoms with E-state index in [1.165, 1.54) is 13.8 Å². The van der Waals surface area contributed by atoms with Crippen LogP contribution in [0.1, 0.15) is 58.1 Å². The Labute approximate surface area is 225 Å². The first-order valence-electron chi connectivity index (χ1n) is 11.9. The molecule has 2 aromatic carbocycles. The maximum absolute atomic E-state index is 13.3. The number of benzene rings is 2. The van der Waals surface area contributed by atoms with Crippen molar-refractivity contribution in [2.45, 2.75) is 47.0 Å². The summed E-state index contributed by atoms with van der Waals surface area (Å²) in [7, 11) is 0. The third kappa shape index (κ3) is 7.37. The van der Waals surface area contributed by atoms with Crippen LogP contribution in [-0.2, 0) is 14.4 Å². The van der Waals surface area contributed by atoms with Gasteiger partial charge in [-0.05, 0) is 80.7 Å². The lowest BCUT2D eigenvalue weighted by atomic mass is 9.87. The molecule has 1 aliphatic carbocycles. The SMILES string of the molecule is CCOc1cc(C=C2CCCC(=Cc3cc(Cl)c(OC(C)=O)c(OCC)c3)C2=O)cc(Cl)c1OC(C)=O. The van der Waals surface area contributed by atoms with Crippen molar-refractivity contribution in [1.29, 1.82) is 0 Å². The van der Waals surface area contributed by atoms with Crippen LogP contribution in [0.3, 0.4) is 0 Å². The van der Waals surface area contributed by atoms with Gasteiger partial charge in [-0.25, -0.2) is 0 Å². The average molecular weight is 547 g/mol. The Bertz CT molecular complexity index is 1180. The average Bonchev–Trinajstić information content (AvgIpc) is 2.81. The minimum absolute atomic E-state index is 0.0949. The number of hydrogen-bond donors (Lipinski definition) is 0. The lowest BCUT2D eigenvalue weighted by Gasteiger charge is -2.18. The second-order valence-corrected chi connectivity index (χ2v) is 9.05. The smallest absolute Gasteiger partial charge is 0.308 e. The van der Waals surface area contributed by atoms with Crippen molar-refractivity contribution in [1.82, 2.24) is 0 Å². The molecule has 0 saturated heterocycles. The second-order valence-electron chi connectivity index (χ2n) is 8.24. The third-order valence-corrected chi connectivity index (χ3v) is 5.87. The standard InChI is InChI=1S/C28H28Cl2O7/c1-5-34-24-14-18(12-22(29)27(24)36-16(3)31)10-20-8-7-9-21(26(20)33)11-19-13-23(30)28(37-17(4)32)25(15-19)35-6-2/h10-15H,5-9H2,1-4H3. The van der Waals surface area contributed by atoms with Crippen molar-refractivity contribution in [2.24, 2.45) is 0 Å². The summed E-state index contributed by atoms with van der Waals surface area (Å²) in [6.07, 6.45) is 5.51. The van der Waals surface area contributed by atoms with Gasteiger partial charge in [0.25, 0.3) is 0 Å². The van der Waals surface area contributed by atoms with Gasteiger partial charge in [0.05, 0.1) is 23.3 Å². The molecule has 7 nitrogen and oxygen atoms in total. The number of carbonyl (C=O) groups is 3. The summed E-state index contributed by atoms with van der Waals surface area (Å²) >= 11 is 12.7. The summed E-state index contributed by atoms with van der Waals surface area (Å²) in [5.74, 6) is -0.188. The number of allylic oxidation sites excluding steroid dienone is 2. The molecule has 3 rings (SSSR count). The van der Waals surface area contributed by atoms with Crippen LogP contribution in [0.25, 0.3) is 12.2 Å². The fourth-order valence-corrected chi connectivity index (χ4v) is 4.45. The monoisotopic (exact) mass is 546 g/mol. The van der Waals surface area contributed by atoms with E-state index in [-0.39, 0.29) is 27.3 Å². The van der Waals surface area contributed by atoms with Crippen molar-refractivity contribution in [3.8, 4) is 23.0 Å². The number of carbonyl (C=O) groups excluding carboxylic acids is 3. The highest BCUT2D eigenvalue weighted by molar-refractivity contribution is 6.33. The summed E-state index contributed by atoms with van der Waals surface area (Å²) < 4.78 is 21.6. The van der Waals surface area contributed by atoms with E-state index in [1.54, 1.807) is 50.3 Å². The minimum Gasteiger partial charge on any atom is -0.490 e. The number of Topliss-reactive ketones (excluding diaryl/α,β-unsaturated/α-hetero) is 1. The zero-order valence-electron chi connectivity index (χ0n) is 21.1. The molecule has 0 bridgehead atoms. The van der Waals surface area contributed by atoms with Gasteiger partial charge in [0.1, 0.15) is 0 Å². The number of ketones is 1. The van der Waals surface area contributed by atoms with Gasteiger partial charge in [0, 0.05) is 25.0 Å².